The standard InChI is InChI=1S/C23H29ClFN5O3S/c1-3-29(4-2)34(32,33)19-10-16(12-26)27-22(11-19)30-17-6-7-18(30)14-28(13-17)23(31)20-8-5-15(25)9-21(20)24/h5,8-11,17-18H,3-4,6-7,12-14,26H2,1-2H3. The van der Waals surface area contributed by atoms with Gasteiger partial charge in [-0.15, -0.1) is 0 Å². The number of carbonyl (C=O) groups is 1. The molecule has 2 fully saturated rings. The minimum absolute atomic E-state index is 0.0218. The molecule has 4 rings (SSSR count). The van der Waals surface area contributed by atoms with Gasteiger partial charge >= 0.3 is 0 Å². The van der Waals surface area contributed by atoms with E-state index in [0.717, 1.165) is 18.9 Å². The van der Waals surface area contributed by atoms with Gasteiger partial charge in [0.15, 0.2) is 0 Å². The molecule has 0 spiro atoms. The van der Waals surface area contributed by atoms with E-state index in [4.69, 9.17) is 17.3 Å². The number of aromatic nitrogens is 1. The van der Waals surface area contributed by atoms with Gasteiger partial charge in [-0.25, -0.2) is 17.8 Å². The van der Waals surface area contributed by atoms with Gasteiger partial charge in [0.25, 0.3) is 5.91 Å². The van der Waals surface area contributed by atoms with Crippen molar-refractivity contribution < 1.29 is 17.6 Å². The predicted molar refractivity (Wildman–Crippen MR) is 129 cm³/mol. The number of nitrogens with zero attached hydrogens (tertiary/aromatic N) is 4. The highest BCUT2D eigenvalue weighted by Gasteiger charge is 2.43. The number of piperazine rings is 1. The van der Waals surface area contributed by atoms with E-state index in [9.17, 15) is 17.6 Å². The molecule has 0 radical (unpaired) electrons. The predicted octanol–water partition coefficient (Wildman–Crippen LogP) is 2.86. The highest BCUT2D eigenvalue weighted by atomic mass is 35.5. The molecule has 184 valence electrons. The Kier molecular flexibility index (Phi) is 7.14. The summed E-state index contributed by atoms with van der Waals surface area (Å²) >= 11 is 6.12. The number of pyridine rings is 1. The zero-order valence-electron chi connectivity index (χ0n) is 19.2. The van der Waals surface area contributed by atoms with Crippen LogP contribution in [0.3, 0.4) is 0 Å². The lowest BCUT2D eigenvalue weighted by molar-refractivity contribution is 0.0717. The number of halogens is 2. The van der Waals surface area contributed by atoms with Gasteiger partial charge in [-0.1, -0.05) is 25.4 Å². The van der Waals surface area contributed by atoms with E-state index in [1.165, 1.54) is 22.5 Å². The normalized spacial score (nSPS) is 20.3. The Labute approximate surface area is 204 Å². The van der Waals surface area contributed by atoms with Crippen LogP contribution in [-0.4, -0.2) is 66.8 Å². The van der Waals surface area contributed by atoms with Crippen molar-refractivity contribution in [2.75, 3.05) is 31.1 Å². The number of sulfonamides is 1. The number of rotatable bonds is 7. The molecule has 2 aliphatic rings. The molecule has 2 saturated heterocycles. The first-order valence-corrected chi connectivity index (χ1v) is 13.2. The molecule has 2 aliphatic heterocycles. The number of carbonyl (C=O) groups excluding carboxylic acids is 1. The molecule has 1 aromatic carbocycles. The molecule has 11 heteroatoms. The summed E-state index contributed by atoms with van der Waals surface area (Å²) in [5, 5.41) is 0.0864. The van der Waals surface area contributed by atoms with Gasteiger partial charge in [0.2, 0.25) is 10.0 Å². The van der Waals surface area contributed by atoms with E-state index in [-0.39, 0.29) is 40.0 Å². The average molecular weight is 510 g/mol. The van der Waals surface area contributed by atoms with Gasteiger partial charge in [-0.3, -0.25) is 4.79 Å². The third kappa shape index (κ3) is 4.51. The number of fused-ring (bicyclic) bond motifs is 2. The average Bonchev–Trinajstić information content (AvgIpc) is 3.08. The van der Waals surface area contributed by atoms with Crippen LogP contribution in [0.4, 0.5) is 10.2 Å². The Morgan fingerprint density at radius 1 is 1.18 bits per heavy atom. The molecule has 2 aromatic rings. The monoisotopic (exact) mass is 509 g/mol. The third-order valence-electron chi connectivity index (χ3n) is 6.59. The molecular weight excluding hydrogens is 481 g/mol. The summed E-state index contributed by atoms with van der Waals surface area (Å²) in [5.41, 5.74) is 6.63. The zero-order chi connectivity index (χ0) is 24.6. The van der Waals surface area contributed by atoms with Crippen LogP contribution in [0.5, 0.6) is 0 Å². The van der Waals surface area contributed by atoms with Gasteiger partial charge in [0.1, 0.15) is 11.6 Å². The van der Waals surface area contributed by atoms with E-state index in [0.29, 0.717) is 37.7 Å². The van der Waals surface area contributed by atoms with Crippen LogP contribution in [0.2, 0.25) is 5.02 Å². The molecular formula is C23H29ClFN5O3S. The number of anilines is 1. The van der Waals surface area contributed by atoms with E-state index in [1.54, 1.807) is 24.8 Å². The summed E-state index contributed by atoms with van der Waals surface area (Å²) in [6, 6.07) is 6.88. The maximum absolute atomic E-state index is 13.4. The highest BCUT2D eigenvalue weighted by Crippen LogP contribution is 2.36. The maximum Gasteiger partial charge on any atom is 0.255 e. The summed E-state index contributed by atoms with van der Waals surface area (Å²) in [4.78, 5) is 21.8. The molecule has 8 nitrogen and oxygen atoms in total. The fourth-order valence-electron chi connectivity index (χ4n) is 4.92. The van der Waals surface area contributed by atoms with Crippen LogP contribution in [0.1, 0.15) is 42.7 Å². The van der Waals surface area contributed by atoms with Crippen molar-refractivity contribution in [3.63, 3.8) is 0 Å². The second kappa shape index (κ2) is 9.77. The Morgan fingerprint density at radius 2 is 1.82 bits per heavy atom. The van der Waals surface area contributed by atoms with Gasteiger partial charge in [-0.2, -0.15) is 4.31 Å². The molecule has 1 aromatic heterocycles. The fourth-order valence-corrected chi connectivity index (χ4v) is 6.68. The molecule has 2 atom stereocenters. The Morgan fingerprint density at radius 3 is 2.38 bits per heavy atom. The number of hydrogen-bond donors (Lipinski definition) is 1. The second-order valence-electron chi connectivity index (χ2n) is 8.57. The van der Waals surface area contributed by atoms with Crippen molar-refractivity contribution in [1.82, 2.24) is 14.2 Å². The van der Waals surface area contributed by atoms with E-state index in [2.05, 4.69) is 9.88 Å². The summed E-state index contributed by atoms with van der Waals surface area (Å²) in [6.45, 7) is 5.34. The number of nitrogens with two attached hydrogens (primary N) is 1. The van der Waals surface area contributed by atoms with E-state index in [1.807, 2.05) is 0 Å². The molecule has 0 aliphatic carbocycles. The quantitative estimate of drug-likeness (QED) is 0.616. The largest absolute Gasteiger partial charge is 0.347 e. The first-order valence-electron chi connectivity index (χ1n) is 11.4. The Balaban J connectivity index is 1.63. The first kappa shape index (κ1) is 24.8. The van der Waals surface area contributed by atoms with Crippen LogP contribution >= 0.6 is 11.6 Å². The van der Waals surface area contributed by atoms with Crippen molar-refractivity contribution in [3.05, 3.63) is 52.4 Å². The van der Waals surface area contributed by atoms with Crippen molar-refractivity contribution in [1.29, 1.82) is 0 Å². The highest BCUT2D eigenvalue weighted by molar-refractivity contribution is 7.89. The molecule has 34 heavy (non-hydrogen) atoms. The fraction of sp³-hybridized carbons (Fsp3) is 0.478. The lowest BCUT2D eigenvalue weighted by Crippen LogP contribution is -2.55. The number of amides is 1. The first-order chi connectivity index (χ1) is 16.2. The summed E-state index contributed by atoms with van der Waals surface area (Å²) in [6.07, 6.45) is 1.69. The summed E-state index contributed by atoms with van der Waals surface area (Å²) in [7, 11) is -3.68. The van der Waals surface area contributed by atoms with E-state index >= 15 is 0 Å². The van der Waals surface area contributed by atoms with Crippen LogP contribution in [0, 0.1) is 5.82 Å². The van der Waals surface area contributed by atoms with Crippen molar-refractivity contribution >= 4 is 33.3 Å². The number of benzene rings is 1. The lowest BCUT2D eigenvalue weighted by Gasteiger charge is -2.42. The van der Waals surface area contributed by atoms with Crippen molar-refractivity contribution in [2.24, 2.45) is 5.73 Å². The van der Waals surface area contributed by atoms with Gasteiger partial charge in [0, 0.05) is 50.9 Å². The third-order valence-corrected chi connectivity index (χ3v) is 8.93. The van der Waals surface area contributed by atoms with Gasteiger partial charge in [-0.05, 0) is 37.1 Å². The Bertz CT molecular complexity index is 1180. The summed E-state index contributed by atoms with van der Waals surface area (Å²) in [5.74, 6) is -0.170. The van der Waals surface area contributed by atoms with E-state index < -0.39 is 15.8 Å². The maximum atomic E-state index is 13.4. The molecule has 2 bridgehead atoms. The Hall–Kier alpha value is -2.27. The van der Waals surface area contributed by atoms with Crippen LogP contribution in [0.15, 0.2) is 35.2 Å². The minimum atomic E-state index is -3.68. The molecule has 0 saturated carbocycles. The zero-order valence-corrected chi connectivity index (χ0v) is 20.8. The van der Waals surface area contributed by atoms with Crippen LogP contribution < -0.4 is 10.6 Å². The number of hydrogen-bond acceptors (Lipinski definition) is 6. The molecule has 1 amide bonds. The molecule has 3 heterocycles. The topological polar surface area (TPSA) is 99.8 Å². The lowest BCUT2D eigenvalue weighted by atomic mass is 10.1. The molecule has 2 N–H and O–H groups in total. The van der Waals surface area contributed by atoms with Gasteiger partial charge < -0.3 is 15.5 Å². The smallest absolute Gasteiger partial charge is 0.255 e. The summed E-state index contributed by atoms with van der Waals surface area (Å²) < 4.78 is 41.2. The van der Waals surface area contributed by atoms with Crippen LogP contribution in [0.25, 0.3) is 0 Å². The van der Waals surface area contributed by atoms with Crippen LogP contribution in [-0.2, 0) is 16.6 Å². The van der Waals surface area contributed by atoms with Gasteiger partial charge in [0.05, 0.1) is 21.2 Å². The van der Waals surface area contributed by atoms with Crippen molar-refractivity contribution in [2.45, 2.75) is 50.2 Å². The van der Waals surface area contributed by atoms with Crippen molar-refractivity contribution in [3.8, 4) is 0 Å². The second-order valence-corrected chi connectivity index (χ2v) is 10.9. The number of likely N-dealkylation sites (tertiary alicyclic amines) is 1. The SMILES string of the molecule is CCN(CC)S(=O)(=O)c1cc(CN)nc(N2C3CCC2CN(C(=O)c2ccc(F)cc2Cl)C3)c1. The minimum Gasteiger partial charge on any atom is -0.347 e. The molecule has 2 unspecified atom stereocenters.